The average Bonchev–Trinajstić information content (AvgIpc) is 2.46. The van der Waals surface area contributed by atoms with E-state index >= 15 is 0 Å². The van der Waals surface area contributed by atoms with Crippen molar-refractivity contribution in [2.75, 3.05) is 19.8 Å². The lowest BCUT2D eigenvalue weighted by Crippen LogP contribution is -1.99. The van der Waals surface area contributed by atoms with Crippen molar-refractivity contribution in [2.45, 2.75) is 25.7 Å². The van der Waals surface area contributed by atoms with Gasteiger partial charge in [-0.25, -0.2) is 0 Å². The van der Waals surface area contributed by atoms with Crippen LogP contribution in [0.1, 0.15) is 24.8 Å². The van der Waals surface area contributed by atoms with Gasteiger partial charge in [-0.15, -0.1) is 0 Å². The summed E-state index contributed by atoms with van der Waals surface area (Å²) in [5, 5.41) is 11.3. The number of aliphatic hydroxyl groups excluding tert-OH is 1. The second-order valence-corrected chi connectivity index (χ2v) is 4.83. The molecule has 0 aliphatic rings. The van der Waals surface area contributed by atoms with Crippen LogP contribution >= 0.6 is 0 Å². The van der Waals surface area contributed by atoms with Crippen LogP contribution in [0.2, 0.25) is 0 Å². The van der Waals surface area contributed by atoms with Gasteiger partial charge in [0.2, 0.25) is 0 Å². The number of hydrogen-bond donors (Lipinski definition) is 1. The van der Waals surface area contributed by atoms with Crippen LogP contribution in [0, 0.1) is 0 Å². The van der Waals surface area contributed by atoms with E-state index in [9.17, 15) is 0 Å². The molecule has 2 aromatic carbocycles. The van der Waals surface area contributed by atoms with Gasteiger partial charge in [0.25, 0.3) is 0 Å². The first kappa shape index (κ1) is 14.0. The summed E-state index contributed by atoms with van der Waals surface area (Å²) in [6.45, 7) is 1.83. The first-order valence-corrected chi connectivity index (χ1v) is 7.06. The largest absolute Gasteiger partial charge is 0.396 e. The molecule has 1 N–H and O–H groups in total. The Morgan fingerprint density at radius 2 is 1.63 bits per heavy atom. The summed E-state index contributed by atoms with van der Waals surface area (Å²) in [7, 11) is 0. The Kier molecular flexibility index (Phi) is 5.86. The quantitative estimate of drug-likeness (QED) is 0.734. The zero-order valence-corrected chi connectivity index (χ0v) is 11.3. The van der Waals surface area contributed by atoms with Gasteiger partial charge in [0.05, 0.1) is 0 Å². The van der Waals surface area contributed by atoms with Crippen molar-refractivity contribution in [3.05, 3.63) is 48.0 Å². The van der Waals surface area contributed by atoms with Gasteiger partial charge < -0.3 is 9.84 Å². The van der Waals surface area contributed by atoms with E-state index in [-0.39, 0.29) is 6.61 Å². The van der Waals surface area contributed by atoms with Crippen molar-refractivity contribution < 1.29 is 9.84 Å². The van der Waals surface area contributed by atoms with Crippen molar-refractivity contribution in [1.82, 2.24) is 0 Å². The lowest BCUT2D eigenvalue weighted by atomic mass is 10.0. The van der Waals surface area contributed by atoms with Gasteiger partial charge in [0, 0.05) is 19.8 Å². The highest BCUT2D eigenvalue weighted by Gasteiger charge is 1.97. The second kappa shape index (κ2) is 7.93. The maximum atomic E-state index is 8.65. The molecule has 19 heavy (non-hydrogen) atoms. The van der Waals surface area contributed by atoms with E-state index in [1.807, 2.05) is 0 Å². The summed E-state index contributed by atoms with van der Waals surface area (Å²) in [6.07, 6.45) is 3.90. The highest BCUT2D eigenvalue weighted by atomic mass is 16.5. The number of ether oxygens (including phenoxy) is 1. The lowest BCUT2D eigenvalue weighted by Gasteiger charge is -2.05. The molecular formula is C17H22O2. The van der Waals surface area contributed by atoms with Gasteiger partial charge in [-0.1, -0.05) is 42.5 Å². The predicted molar refractivity (Wildman–Crippen MR) is 79.4 cm³/mol. The molecule has 102 valence electrons. The third-order valence-corrected chi connectivity index (χ3v) is 3.26. The van der Waals surface area contributed by atoms with Crippen LogP contribution in [0.5, 0.6) is 0 Å². The second-order valence-electron chi connectivity index (χ2n) is 4.83. The molecule has 2 heteroatoms. The van der Waals surface area contributed by atoms with Crippen LogP contribution in [0.25, 0.3) is 10.8 Å². The first-order valence-electron chi connectivity index (χ1n) is 7.06. The van der Waals surface area contributed by atoms with Gasteiger partial charge in [-0.05, 0) is 42.0 Å². The predicted octanol–water partition coefficient (Wildman–Crippen LogP) is 3.56. The fourth-order valence-electron chi connectivity index (χ4n) is 2.19. The van der Waals surface area contributed by atoms with E-state index in [0.717, 1.165) is 38.9 Å². The Morgan fingerprint density at radius 3 is 2.47 bits per heavy atom. The Bertz CT molecular complexity index is 493. The summed E-state index contributed by atoms with van der Waals surface area (Å²) in [6, 6.07) is 15.1. The third-order valence-electron chi connectivity index (χ3n) is 3.26. The fourth-order valence-corrected chi connectivity index (χ4v) is 2.19. The van der Waals surface area contributed by atoms with Crippen LogP contribution in [0.15, 0.2) is 42.5 Å². The molecule has 0 aliphatic carbocycles. The van der Waals surface area contributed by atoms with Crippen LogP contribution in [0.3, 0.4) is 0 Å². The van der Waals surface area contributed by atoms with Crippen molar-refractivity contribution in [3.8, 4) is 0 Å². The standard InChI is InChI=1S/C17H22O2/c18-11-3-4-12-19-13-5-6-15-9-10-16-7-1-2-8-17(16)14-15/h1-2,7-10,14,18H,3-6,11-13H2. The summed E-state index contributed by atoms with van der Waals surface area (Å²) in [5.41, 5.74) is 1.37. The molecule has 0 amide bonds. The minimum absolute atomic E-state index is 0.264. The molecule has 0 saturated carbocycles. The monoisotopic (exact) mass is 258 g/mol. The van der Waals surface area contributed by atoms with Crippen LogP contribution in [-0.4, -0.2) is 24.9 Å². The minimum atomic E-state index is 0.264. The van der Waals surface area contributed by atoms with Gasteiger partial charge in [-0.3, -0.25) is 0 Å². The number of benzene rings is 2. The Labute approximate surface area is 115 Å². The number of hydrogen-bond acceptors (Lipinski definition) is 2. The maximum absolute atomic E-state index is 8.65. The molecule has 0 heterocycles. The number of fused-ring (bicyclic) bond motifs is 1. The fraction of sp³-hybridized carbons (Fsp3) is 0.412. The average molecular weight is 258 g/mol. The van der Waals surface area contributed by atoms with E-state index in [1.165, 1.54) is 16.3 Å². The Hall–Kier alpha value is -1.38. The summed E-state index contributed by atoms with van der Waals surface area (Å²) in [5.74, 6) is 0. The Morgan fingerprint density at radius 1 is 0.842 bits per heavy atom. The minimum Gasteiger partial charge on any atom is -0.396 e. The molecule has 0 atom stereocenters. The molecule has 2 aromatic rings. The number of aliphatic hydroxyl groups is 1. The number of rotatable bonds is 8. The summed E-state index contributed by atoms with van der Waals surface area (Å²) in [4.78, 5) is 0. The van der Waals surface area contributed by atoms with Crippen molar-refractivity contribution in [3.63, 3.8) is 0 Å². The number of unbranched alkanes of at least 4 members (excludes halogenated alkanes) is 1. The highest BCUT2D eigenvalue weighted by molar-refractivity contribution is 5.82. The zero-order chi connectivity index (χ0) is 13.3. The molecule has 0 fully saturated rings. The SMILES string of the molecule is OCCCCOCCCc1ccc2ccccc2c1. The normalized spacial score (nSPS) is 11.0. The summed E-state index contributed by atoms with van der Waals surface area (Å²) >= 11 is 0. The van der Waals surface area contributed by atoms with E-state index in [4.69, 9.17) is 9.84 Å². The number of aryl methyl sites for hydroxylation is 1. The Balaban J connectivity index is 1.72. The van der Waals surface area contributed by atoms with Crippen molar-refractivity contribution in [1.29, 1.82) is 0 Å². The molecule has 0 aromatic heterocycles. The zero-order valence-electron chi connectivity index (χ0n) is 11.3. The summed E-state index contributed by atoms with van der Waals surface area (Å²) < 4.78 is 5.53. The molecule has 0 aliphatic heterocycles. The maximum Gasteiger partial charge on any atom is 0.0469 e. The van der Waals surface area contributed by atoms with E-state index in [1.54, 1.807) is 0 Å². The van der Waals surface area contributed by atoms with Crippen molar-refractivity contribution in [2.24, 2.45) is 0 Å². The van der Waals surface area contributed by atoms with Crippen LogP contribution < -0.4 is 0 Å². The molecule has 0 spiro atoms. The van der Waals surface area contributed by atoms with Crippen molar-refractivity contribution >= 4 is 10.8 Å². The molecule has 0 saturated heterocycles. The third kappa shape index (κ3) is 4.66. The first-order chi connectivity index (χ1) is 9.40. The van der Waals surface area contributed by atoms with Gasteiger partial charge in [-0.2, -0.15) is 0 Å². The van der Waals surface area contributed by atoms with Crippen LogP contribution in [0.4, 0.5) is 0 Å². The van der Waals surface area contributed by atoms with E-state index in [2.05, 4.69) is 42.5 Å². The van der Waals surface area contributed by atoms with E-state index < -0.39 is 0 Å². The molecular weight excluding hydrogens is 236 g/mol. The highest BCUT2D eigenvalue weighted by Crippen LogP contribution is 2.16. The molecule has 2 rings (SSSR count). The van der Waals surface area contributed by atoms with Gasteiger partial charge in [0.1, 0.15) is 0 Å². The lowest BCUT2D eigenvalue weighted by molar-refractivity contribution is 0.123. The van der Waals surface area contributed by atoms with Gasteiger partial charge >= 0.3 is 0 Å². The van der Waals surface area contributed by atoms with Crippen LogP contribution in [-0.2, 0) is 11.2 Å². The van der Waals surface area contributed by atoms with E-state index in [0.29, 0.717) is 0 Å². The topological polar surface area (TPSA) is 29.5 Å². The van der Waals surface area contributed by atoms with Gasteiger partial charge in [0.15, 0.2) is 0 Å². The molecule has 0 radical (unpaired) electrons. The molecule has 0 bridgehead atoms. The molecule has 2 nitrogen and oxygen atoms in total. The molecule has 0 unspecified atom stereocenters. The smallest absolute Gasteiger partial charge is 0.0469 e.